The van der Waals surface area contributed by atoms with E-state index in [1.807, 2.05) is 0 Å². The van der Waals surface area contributed by atoms with Crippen molar-refractivity contribution in [2.24, 2.45) is 0 Å². The van der Waals surface area contributed by atoms with Crippen LogP contribution in [0.3, 0.4) is 0 Å². The topological polar surface area (TPSA) is 109 Å². The molecular weight excluding hydrogens is 382 g/mol. The average Bonchev–Trinajstić information content (AvgIpc) is 3.26. The molecule has 0 bridgehead atoms. The van der Waals surface area contributed by atoms with Crippen molar-refractivity contribution in [3.63, 3.8) is 0 Å². The van der Waals surface area contributed by atoms with Gasteiger partial charge < -0.3 is 38.5 Å². The van der Waals surface area contributed by atoms with Crippen molar-refractivity contribution in [3.05, 3.63) is 48.4 Å². The molecule has 9 nitrogen and oxygen atoms in total. The molecule has 2 fully saturated rings. The fraction of sp³-hybridized carbons (Fsp3) is 0.450. The Morgan fingerprint density at radius 1 is 1.17 bits per heavy atom. The number of carbonyl (C=O) groups is 1. The van der Waals surface area contributed by atoms with Gasteiger partial charge in [-0.2, -0.15) is 0 Å². The number of benzene rings is 1. The van der Waals surface area contributed by atoms with E-state index >= 15 is 0 Å². The number of carbonyl (C=O) groups excluding carboxylic acids is 1. The van der Waals surface area contributed by atoms with Crippen molar-refractivity contribution in [1.29, 1.82) is 0 Å². The number of aliphatic hydroxyl groups is 1. The van der Waals surface area contributed by atoms with Gasteiger partial charge >= 0.3 is 0 Å². The van der Waals surface area contributed by atoms with Gasteiger partial charge in [-0.25, -0.2) is 0 Å². The summed E-state index contributed by atoms with van der Waals surface area (Å²) in [6.45, 7) is 1.52. The lowest BCUT2D eigenvalue weighted by atomic mass is 9.96. The van der Waals surface area contributed by atoms with Crippen molar-refractivity contribution < 1.29 is 38.0 Å². The zero-order chi connectivity index (χ0) is 20.4. The summed E-state index contributed by atoms with van der Waals surface area (Å²) in [6.07, 6.45) is -2.67. The number of furan rings is 1. The molecule has 0 aliphatic carbocycles. The van der Waals surface area contributed by atoms with Crippen LogP contribution in [-0.4, -0.2) is 55.4 Å². The standard InChI is InChI=1S/C20H23NO8/c1-11(22)21-16-17(23)18-15(10-26-19(29-18)14-8-5-9-25-14)28-20(16)27-13-7-4-3-6-12(13)24-2/h3-9,15-20,23H,10H2,1-2H3,(H,21,22)/t15-,16+,17-,18+,19+,20+/m1/s1. The van der Waals surface area contributed by atoms with Gasteiger partial charge in [0.15, 0.2) is 17.3 Å². The Kier molecular flexibility index (Phi) is 5.72. The largest absolute Gasteiger partial charge is 0.493 e. The summed E-state index contributed by atoms with van der Waals surface area (Å²) in [5.41, 5.74) is 0. The molecule has 2 aliphatic heterocycles. The quantitative estimate of drug-likeness (QED) is 0.768. The molecule has 29 heavy (non-hydrogen) atoms. The Bertz CT molecular complexity index is 826. The number of hydrogen-bond donors (Lipinski definition) is 2. The van der Waals surface area contributed by atoms with E-state index in [1.54, 1.807) is 36.4 Å². The summed E-state index contributed by atoms with van der Waals surface area (Å²) in [6, 6.07) is 9.63. The first-order valence-corrected chi connectivity index (χ1v) is 9.27. The van der Waals surface area contributed by atoms with Crippen molar-refractivity contribution in [1.82, 2.24) is 5.32 Å². The van der Waals surface area contributed by atoms with Gasteiger partial charge in [-0.05, 0) is 24.3 Å². The molecule has 1 amide bonds. The fourth-order valence-corrected chi connectivity index (χ4v) is 3.49. The molecule has 2 aliphatic rings. The summed E-state index contributed by atoms with van der Waals surface area (Å²) in [7, 11) is 1.53. The lowest BCUT2D eigenvalue weighted by Gasteiger charge is -2.47. The van der Waals surface area contributed by atoms with Crippen LogP contribution >= 0.6 is 0 Å². The number of rotatable bonds is 5. The van der Waals surface area contributed by atoms with E-state index in [-0.39, 0.29) is 12.5 Å². The first-order chi connectivity index (χ1) is 14.1. The lowest BCUT2D eigenvalue weighted by molar-refractivity contribution is -0.336. The molecule has 9 heteroatoms. The number of ether oxygens (including phenoxy) is 5. The minimum atomic E-state index is -1.10. The van der Waals surface area contributed by atoms with Crippen molar-refractivity contribution in [2.75, 3.05) is 13.7 Å². The van der Waals surface area contributed by atoms with Crippen LogP contribution in [0.1, 0.15) is 19.0 Å². The zero-order valence-corrected chi connectivity index (χ0v) is 16.0. The van der Waals surface area contributed by atoms with Crippen molar-refractivity contribution in [3.8, 4) is 11.5 Å². The molecule has 6 atom stereocenters. The molecule has 1 aromatic carbocycles. The predicted molar refractivity (Wildman–Crippen MR) is 98.2 cm³/mol. The molecule has 2 aromatic rings. The van der Waals surface area contributed by atoms with Crippen molar-refractivity contribution >= 4 is 5.91 Å². The highest BCUT2D eigenvalue weighted by molar-refractivity contribution is 5.73. The summed E-state index contributed by atoms with van der Waals surface area (Å²) in [4.78, 5) is 11.8. The van der Waals surface area contributed by atoms with Gasteiger partial charge in [-0.3, -0.25) is 4.79 Å². The van der Waals surface area contributed by atoms with Gasteiger partial charge in [0.05, 0.1) is 20.0 Å². The highest BCUT2D eigenvalue weighted by Crippen LogP contribution is 2.36. The highest BCUT2D eigenvalue weighted by atomic mass is 16.8. The Labute approximate surface area is 167 Å². The Balaban J connectivity index is 1.55. The second kappa shape index (κ2) is 8.42. The molecule has 0 saturated carbocycles. The van der Waals surface area contributed by atoms with Gasteiger partial charge in [-0.15, -0.1) is 0 Å². The number of amides is 1. The highest BCUT2D eigenvalue weighted by Gasteiger charge is 2.51. The average molecular weight is 405 g/mol. The van der Waals surface area contributed by atoms with Crippen LogP contribution in [0.4, 0.5) is 0 Å². The lowest BCUT2D eigenvalue weighted by Crippen LogP contribution is -2.67. The minimum Gasteiger partial charge on any atom is -0.493 e. The summed E-state index contributed by atoms with van der Waals surface area (Å²) in [5.74, 6) is 1.08. The smallest absolute Gasteiger partial charge is 0.223 e. The third kappa shape index (κ3) is 4.08. The zero-order valence-electron chi connectivity index (χ0n) is 16.0. The van der Waals surface area contributed by atoms with E-state index in [0.29, 0.717) is 17.3 Å². The van der Waals surface area contributed by atoms with Crippen molar-refractivity contribution in [2.45, 2.75) is 43.9 Å². The molecule has 2 N–H and O–H groups in total. The van der Waals surface area contributed by atoms with Gasteiger partial charge in [0.25, 0.3) is 0 Å². The molecule has 156 valence electrons. The summed E-state index contributed by atoms with van der Waals surface area (Å²) >= 11 is 0. The van der Waals surface area contributed by atoms with Crippen LogP contribution in [-0.2, 0) is 19.0 Å². The number of nitrogens with one attached hydrogen (secondary N) is 1. The number of para-hydroxylation sites is 2. The van der Waals surface area contributed by atoms with E-state index < -0.39 is 36.9 Å². The second-order valence-corrected chi connectivity index (χ2v) is 6.81. The van der Waals surface area contributed by atoms with E-state index in [1.165, 1.54) is 20.3 Å². The molecule has 0 spiro atoms. The fourth-order valence-electron chi connectivity index (χ4n) is 3.49. The molecule has 2 saturated heterocycles. The molecule has 3 heterocycles. The third-order valence-electron chi connectivity index (χ3n) is 4.82. The van der Waals surface area contributed by atoms with Crippen LogP contribution < -0.4 is 14.8 Å². The monoisotopic (exact) mass is 405 g/mol. The first-order valence-electron chi connectivity index (χ1n) is 9.27. The van der Waals surface area contributed by atoms with Crippen LogP contribution in [0.2, 0.25) is 0 Å². The predicted octanol–water partition coefficient (Wildman–Crippen LogP) is 1.37. The van der Waals surface area contributed by atoms with Crippen LogP contribution in [0, 0.1) is 0 Å². The van der Waals surface area contributed by atoms with Gasteiger partial charge in [0.2, 0.25) is 18.5 Å². The summed E-state index contributed by atoms with van der Waals surface area (Å²) < 4.78 is 34.2. The Morgan fingerprint density at radius 3 is 2.66 bits per heavy atom. The molecule has 4 rings (SSSR count). The number of fused-ring (bicyclic) bond motifs is 1. The van der Waals surface area contributed by atoms with Crippen LogP contribution in [0.5, 0.6) is 11.5 Å². The third-order valence-corrected chi connectivity index (χ3v) is 4.82. The number of hydrogen-bond acceptors (Lipinski definition) is 8. The Hall–Kier alpha value is -2.59. The summed E-state index contributed by atoms with van der Waals surface area (Å²) in [5, 5.41) is 13.7. The molecule has 0 unspecified atom stereocenters. The maximum absolute atomic E-state index is 11.8. The maximum Gasteiger partial charge on any atom is 0.223 e. The van der Waals surface area contributed by atoms with E-state index in [2.05, 4.69) is 5.32 Å². The number of methoxy groups -OCH3 is 1. The molecule has 1 aromatic heterocycles. The number of aliphatic hydroxyl groups excluding tert-OH is 1. The van der Waals surface area contributed by atoms with E-state index in [9.17, 15) is 9.90 Å². The normalized spacial score (nSPS) is 31.6. The van der Waals surface area contributed by atoms with Gasteiger partial charge in [0.1, 0.15) is 24.4 Å². The van der Waals surface area contributed by atoms with Crippen LogP contribution in [0.25, 0.3) is 0 Å². The van der Waals surface area contributed by atoms with Gasteiger partial charge in [0, 0.05) is 6.92 Å². The van der Waals surface area contributed by atoms with E-state index in [0.717, 1.165) is 0 Å². The minimum absolute atomic E-state index is 0.158. The Morgan fingerprint density at radius 2 is 1.97 bits per heavy atom. The SMILES string of the molecule is COc1ccccc1O[C@H]1O[C@@H]2CO[C@H](c3ccco3)O[C@@H]2[C@H](O)[C@@H]1NC(C)=O. The molecule has 0 radical (unpaired) electrons. The van der Waals surface area contributed by atoms with Crippen LogP contribution in [0.15, 0.2) is 47.1 Å². The first kappa shape index (κ1) is 19.7. The second-order valence-electron chi connectivity index (χ2n) is 6.81. The molecular formula is C20H23NO8. The van der Waals surface area contributed by atoms with Gasteiger partial charge in [-0.1, -0.05) is 12.1 Å². The maximum atomic E-state index is 11.8. The van der Waals surface area contributed by atoms with E-state index in [4.69, 9.17) is 28.1 Å².